The van der Waals surface area contributed by atoms with Crippen LogP contribution in [-0.2, 0) is 6.18 Å². The van der Waals surface area contributed by atoms with Gasteiger partial charge in [0.2, 0.25) is 5.95 Å². The standard InChI is InChI=1S/C26H23F3N4O/c27-26(28,29)23-18-21(22-12-7-17-34-22)30-25(31-23)33-15-13-32(14-16-33)24(19-8-3-1-4-9-19)20-10-5-2-6-11-20/h1-12,17-18,24H,13-16H2. The number of rotatable bonds is 5. The van der Waals surface area contributed by atoms with Crippen molar-refractivity contribution in [3.63, 3.8) is 0 Å². The number of alkyl halides is 3. The lowest BCUT2D eigenvalue weighted by molar-refractivity contribution is -0.141. The summed E-state index contributed by atoms with van der Waals surface area (Å²) >= 11 is 0. The largest absolute Gasteiger partial charge is 0.463 e. The third kappa shape index (κ3) is 4.68. The van der Waals surface area contributed by atoms with Crippen molar-refractivity contribution < 1.29 is 17.6 Å². The predicted octanol–water partition coefficient (Wildman–Crippen LogP) is 5.67. The van der Waals surface area contributed by atoms with Gasteiger partial charge >= 0.3 is 6.18 Å². The summed E-state index contributed by atoms with van der Waals surface area (Å²) in [5, 5.41) is 0. The molecule has 1 fully saturated rings. The summed E-state index contributed by atoms with van der Waals surface area (Å²) in [4.78, 5) is 12.4. The Labute approximate surface area is 195 Å². The molecule has 2 aromatic heterocycles. The van der Waals surface area contributed by atoms with Crippen molar-refractivity contribution in [2.75, 3.05) is 31.1 Å². The first-order valence-electron chi connectivity index (χ1n) is 11.1. The van der Waals surface area contributed by atoms with Gasteiger partial charge in [-0.15, -0.1) is 0 Å². The maximum absolute atomic E-state index is 13.6. The van der Waals surface area contributed by atoms with Crippen molar-refractivity contribution in [3.8, 4) is 11.5 Å². The Kier molecular flexibility index (Phi) is 6.06. The van der Waals surface area contributed by atoms with Crippen molar-refractivity contribution in [3.05, 3.63) is 102 Å². The molecule has 0 radical (unpaired) electrons. The van der Waals surface area contributed by atoms with E-state index in [9.17, 15) is 13.2 Å². The SMILES string of the molecule is FC(F)(F)c1cc(-c2ccco2)nc(N2CCN(C(c3ccccc3)c3ccccc3)CC2)n1. The summed E-state index contributed by atoms with van der Waals surface area (Å²) in [5.74, 6) is 0.345. The van der Waals surface area contributed by atoms with Crippen molar-refractivity contribution in [2.45, 2.75) is 12.2 Å². The highest BCUT2D eigenvalue weighted by molar-refractivity contribution is 5.55. The predicted molar refractivity (Wildman–Crippen MR) is 123 cm³/mol. The number of piperazine rings is 1. The van der Waals surface area contributed by atoms with Gasteiger partial charge in [0.05, 0.1) is 12.3 Å². The Morgan fingerprint density at radius 2 is 1.38 bits per heavy atom. The fourth-order valence-corrected chi connectivity index (χ4v) is 4.34. The minimum absolute atomic E-state index is 0.0608. The second-order valence-corrected chi connectivity index (χ2v) is 8.16. The van der Waals surface area contributed by atoms with E-state index in [1.807, 2.05) is 41.3 Å². The zero-order valence-electron chi connectivity index (χ0n) is 18.3. The van der Waals surface area contributed by atoms with Gasteiger partial charge in [-0.25, -0.2) is 9.97 Å². The maximum Gasteiger partial charge on any atom is 0.433 e. The van der Waals surface area contributed by atoms with Crippen molar-refractivity contribution in [1.82, 2.24) is 14.9 Å². The average molecular weight is 464 g/mol. The third-order valence-corrected chi connectivity index (χ3v) is 5.97. The summed E-state index contributed by atoms with van der Waals surface area (Å²) < 4.78 is 45.9. The van der Waals surface area contributed by atoms with Crippen molar-refractivity contribution in [2.24, 2.45) is 0 Å². The molecule has 5 rings (SSSR count). The molecule has 0 aliphatic carbocycles. The molecule has 8 heteroatoms. The van der Waals surface area contributed by atoms with Gasteiger partial charge in [0.25, 0.3) is 0 Å². The molecule has 0 unspecified atom stereocenters. The number of nitrogens with zero attached hydrogens (tertiary/aromatic N) is 4. The van der Waals surface area contributed by atoms with Crippen LogP contribution < -0.4 is 4.90 Å². The highest BCUT2D eigenvalue weighted by Gasteiger charge is 2.35. The van der Waals surface area contributed by atoms with Gasteiger partial charge in [-0.1, -0.05) is 60.7 Å². The minimum Gasteiger partial charge on any atom is -0.463 e. The maximum atomic E-state index is 13.6. The fourth-order valence-electron chi connectivity index (χ4n) is 4.34. The Balaban J connectivity index is 1.41. The van der Waals surface area contributed by atoms with E-state index < -0.39 is 11.9 Å². The molecule has 0 N–H and O–H groups in total. The molecular formula is C26H23F3N4O. The Hall–Kier alpha value is -3.65. The molecule has 1 aliphatic rings. The molecular weight excluding hydrogens is 441 g/mol. The first-order valence-corrected chi connectivity index (χ1v) is 11.1. The molecule has 0 bridgehead atoms. The zero-order valence-corrected chi connectivity index (χ0v) is 18.3. The Morgan fingerprint density at radius 1 is 0.765 bits per heavy atom. The molecule has 0 saturated carbocycles. The van der Waals surface area contributed by atoms with Crippen LogP contribution in [0.2, 0.25) is 0 Å². The number of halogens is 3. The van der Waals surface area contributed by atoms with Crippen LogP contribution in [0.25, 0.3) is 11.5 Å². The highest BCUT2D eigenvalue weighted by atomic mass is 19.4. The lowest BCUT2D eigenvalue weighted by atomic mass is 9.96. The van der Waals surface area contributed by atoms with Gasteiger partial charge in [0, 0.05) is 26.2 Å². The van der Waals surface area contributed by atoms with E-state index in [1.54, 1.807) is 12.1 Å². The smallest absolute Gasteiger partial charge is 0.433 e. The van der Waals surface area contributed by atoms with E-state index in [1.165, 1.54) is 17.4 Å². The highest BCUT2D eigenvalue weighted by Crippen LogP contribution is 2.33. The van der Waals surface area contributed by atoms with Crippen LogP contribution in [0.4, 0.5) is 19.1 Å². The molecule has 0 amide bonds. The second kappa shape index (κ2) is 9.30. The lowest BCUT2D eigenvalue weighted by Crippen LogP contribution is -2.48. The van der Waals surface area contributed by atoms with Crippen LogP contribution in [0, 0.1) is 0 Å². The first kappa shape index (κ1) is 22.2. The third-order valence-electron chi connectivity index (χ3n) is 5.97. The Morgan fingerprint density at radius 3 is 1.91 bits per heavy atom. The van der Waals surface area contributed by atoms with E-state index in [0.29, 0.717) is 26.2 Å². The van der Waals surface area contributed by atoms with Crippen LogP contribution in [0.5, 0.6) is 0 Å². The van der Waals surface area contributed by atoms with E-state index in [2.05, 4.69) is 39.1 Å². The number of aromatic nitrogens is 2. The first-order chi connectivity index (χ1) is 16.5. The summed E-state index contributed by atoms with van der Waals surface area (Å²) in [6.45, 7) is 2.33. The summed E-state index contributed by atoms with van der Waals surface area (Å²) in [5.41, 5.74) is 1.50. The van der Waals surface area contributed by atoms with E-state index in [0.717, 1.165) is 6.07 Å². The number of hydrogen-bond donors (Lipinski definition) is 0. The van der Waals surface area contributed by atoms with Gasteiger partial charge in [-0.05, 0) is 29.3 Å². The van der Waals surface area contributed by atoms with Gasteiger partial charge in [-0.3, -0.25) is 4.90 Å². The quantitative estimate of drug-likeness (QED) is 0.381. The number of benzene rings is 2. The molecule has 34 heavy (non-hydrogen) atoms. The summed E-state index contributed by atoms with van der Waals surface area (Å²) in [7, 11) is 0. The normalized spacial score (nSPS) is 15.1. The monoisotopic (exact) mass is 464 g/mol. The summed E-state index contributed by atoms with van der Waals surface area (Å²) in [6, 6.07) is 24.7. The molecule has 0 spiro atoms. The van der Waals surface area contributed by atoms with Crippen LogP contribution in [-0.4, -0.2) is 41.0 Å². The molecule has 174 valence electrons. The number of hydrogen-bond acceptors (Lipinski definition) is 5. The number of furan rings is 1. The molecule has 4 aromatic rings. The molecule has 2 aromatic carbocycles. The van der Waals surface area contributed by atoms with Gasteiger partial charge in [-0.2, -0.15) is 13.2 Å². The van der Waals surface area contributed by atoms with Gasteiger partial charge in [0.1, 0.15) is 5.69 Å². The van der Waals surface area contributed by atoms with Crippen molar-refractivity contribution in [1.29, 1.82) is 0 Å². The van der Waals surface area contributed by atoms with Crippen LogP contribution in [0.1, 0.15) is 22.9 Å². The Bertz CT molecular complexity index is 1170. The number of anilines is 1. The van der Waals surface area contributed by atoms with Gasteiger partial charge in [0.15, 0.2) is 11.5 Å². The van der Waals surface area contributed by atoms with E-state index >= 15 is 0 Å². The zero-order chi connectivity index (χ0) is 23.5. The molecule has 5 nitrogen and oxygen atoms in total. The van der Waals surface area contributed by atoms with Gasteiger partial charge < -0.3 is 9.32 Å². The van der Waals surface area contributed by atoms with Crippen LogP contribution >= 0.6 is 0 Å². The lowest BCUT2D eigenvalue weighted by Gasteiger charge is -2.40. The van der Waals surface area contributed by atoms with E-state index in [4.69, 9.17) is 4.42 Å². The second-order valence-electron chi connectivity index (χ2n) is 8.16. The molecule has 3 heterocycles. The fraction of sp³-hybridized carbons (Fsp3) is 0.231. The van der Waals surface area contributed by atoms with Crippen LogP contribution in [0.3, 0.4) is 0 Å². The molecule has 1 aliphatic heterocycles. The molecule has 0 atom stereocenters. The topological polar surface area (TPSA) is 45.4 Å². The summed E-state index contributed by atoms with van der Waals surface area (Å²) in [6.07, 6.45) is -3.16. The minimum atomic E-state index is -4.58. The van der Waals surface area contributed by atoms with Crippen LogP contribution in [0.15, 0.2) is 89.5 Å². The molecule has 1 saturated heterocycles. The van der Waals surface area contributed by atoms with E-state index in [-0.39, 0.29) is 23.4 Å². The average Bonchev–Trinajstić information content (AvgIpc) is 3.41. The van der Waals surface area contributed by atoms with Crippen molar-refractivity contribution >= 4 is 5.95 Å².